The van der Waals surface area contributed by atoms with Crippen molar-refractivity contribution < 1.29 is 4.79 Å². The number of hydrogen-bond acceptors (Lipinski definition) is 2. The minimum Gasteiger partial charge on any atom is -0.398 e. The van der Waals surface area contributed by atoms with Crippen LogP contribution in [0.4, 0.5) is 5.69 Å². The monoisotopic (exact) mass is 288 g/mol. The molecule has 1 aromatic carbocycles. The molecule has 3 nitrogen and oxygen atoms in total. The fraction of sp³-hybridized carbons (Fsp3) is 0.611. The van der Waals surface area contributed by atoms with E-state index in [2.05, 4.69) is 12.2 Å². The van der Waals surface area contributed by atoms with Gasteiger partial charge in [0.1, 0.15) is 0 Å². The first-order valence-electron chi connectivity index (χ1n) is 8.31. The number of nitrogens with one attached hydrogen (secondary N) is 1. The Balaban J connectivity index is 1.74. The normalized spacial score (nSPS) is 22.0. The van der Waals surface area contributed by atoms with Crippen LogP contribution in [0.25, 0.3) is 0 Å². The zero-order valence-corrected chi connectivity index (χ0v) is 13.1. The third-order valence-corrected chi connectivity index (χ3v) is 4.69. The number of carbonyl (C=O) groups excluding carboxylic acids is 1. The first-order valence-corrected chi connectivity index (χ1v) is 8.31. The lowest BCUT2D eigenvalue weighted by atomic mass is 9.79. The van der Waals surface area contributed by atoms with Gasteiger partial charge in [0.05, 0.1) is 0 Å². The maximum atomic E-state index is 12.3. The molecule has 0 saturated heterocycles. The number of rotatable bonds is 6. The van der Waals surface area contributed by atoms with E-state index in [1.165, 1.54) is 32.1 Å². The Morgan fingerprint density at radius 3 is 2.62 bits per heavy atom. The van der Waals surface area contributed by atoms with Crippen molar-refractivity contribution in [1.82, 2.24) is 5.32 Å². The number of unbranched alkanes of at least 4 members (excludes halogenated alkanes) is 1. The molecule has 1 aliphatic carbocycles. The third kappa shape index (κ3) is 4.76. The van der Waals surface area contributed by atoms with E-state index in [4.69, 9.17) is 5.73 Å². The molecule has 0 unspecified atom stereocenters. The Labute approximate surface area is 128 Å². The van der Waals surface area contributed by atoms with Crippen LogP contribution in [-0.4, -0.2) is 5.91 Å². The van der Waals surface area contributed by atoms with Gasteiger partial charge in [-0.1, -0.05) is 44.4 Å². The zero-order valence-electron chi connectivity index (χ0n) is 13.1. The number of amides is 1. The molecule has 3 N–H and O–H groups in total. The van der Waals surface area contributed by atoms with Crippen molar-refractivity contribution in [3.63, 3.8) is 0 Å². The summed E-state index contributed by atoms with van der Waals surface area (Å²) in [5.41, 5.74) is 7.65. The van der Waals surface area contributed by atoms with E-state index in [-0.39, 0.29) is 11.8 Å². The van der Waals surface area contributed by atoms with Gasteiger partial charge in [0.15, 0.2) is 0 Å². The van der Waals surface area contributed by atoms with Crippen molar-refractivity contribution >= 4 is 11.6 Å². The lowest BCUT2D eigenvalue weighted by Crippen LogP contribution is -2.33. The van der Waals surface area contributed by atoms with E-state index in [1.54, 1.807) is 0 Å². The summed E-state index contributed by atoms with van der Waals surface area (Å²) < 4.78 is 0. The lowest BCUT2D eigenvalue weighted by molar-refractivity contribution is -0.126. The van der Waals surface area contributed by atoms with Crippen molar-refractivity contribution in [1.29, 1.82) is 0 Å². The minimum absolute atomic E-state index is 0.201. The summed E-state index contributed by atoms with van der Waals surface area (Å²) >= 11 is 0. The molecule has 1 aliphatic rings. The van der Waals surface area contributed by atoms with Crippen LogP contribution < -0.4 is 11.1 Å². The van der Waals surface area contributed by atoms with E-state index in [1.807, 2.05) is 24.3 Å². The SMILES string of the molecule is CCCCC1CCC(C(=O)NCc2ccccc2N)CC1. The smallest absolute Gasteiger partial charge is 0.223 e. The van der Waals surface area contributed by atoms with Crippen LogP contribution in [0.5, 0.6) is 0 Å². The summed E-state index contributed by atoms with van der Waals surface area (Å²) in [4.78, 5) is 12.3. The molecule has 0 radical (unpaired) electrons. The van der Waals surface area contributed by atoms with E-state index in [9.17, 15) is 4.79 Å². The molecule has 1 saturated carbocycles. The standard InChI is InChI=1S/C18H28N2O/c1-2-3-6-14-9-11-15(12-10-14)18(21)20-13-16-7-4-5-8-17(16)19/h4-5,7-8,14-15H,2-3,6,9-13,19H2,1H3,(H,20,21). The van der Waals surface area contributed by atoms with E-state index in [0.29, 0.717) is 6.54 Å². The number of benzene rings is 1. The number of nitrogens with two attached hydrogens (primary N) is 1. The quantitative estimate of drug-likeness (QED) is 0.780. The van der Waals surface area contributed by atoms with Crippen molar-refractivity contribution in [2.75, 3.05) is 5.73 Å². The van der Waals surface area contributed by atoms with Gasteiger partial charge < -0.3 is 11.1 Å². The Kier molecular flexibility index (Phi) is 6.09. The molecule has 0 spiro atoms. The molecular weight excluding hydrogens is 260 g/mol. The third-order valence-electron chi connectivity index (χ3n) is 4.69. The summed E-state index contributed by atoms with van der Waals surface area (Å²) in [6, 6.07) is 7.71. The minimum atomic E-state index is 0.201. The van der Waals surface area contributed by atoms with Crippen molar-refractivity contribution in [2.45, 2.75) is 58.4 Å². The van der Waals surface area contributed by atoms with E-state index in [0.717, 1.165) is 30.0 Å². The van der Waals surface area contributed by atoms with Gasteiger partial charge in [-0.15, -0.1) is 0 Å². The van der Waals surface area contributed by atoms with Gasteiger partial charge in [0, 0.05) is 18.2 Å². The van der Waals surface area contributed by atoms with Crippen LogP contribution in [0.2, 0.25) is 0 Å². The average Bonchev–Trinajstić information content (AvgIpc) is 2.52. The molecule has 1 fully saturated rings. The van der Waals surface area contributed by atoms with Gasteiger partial charge >= 0.3 is 0 Å². The van der Waals surface area contributed by atoms with Crippen LogP contribution in [0.15, 0.2) is 24.3 Å². The van der Waals surface area contributed by atoms with Gasteiger partial charge in [-0.05, 0) is 43.2 Å². The number of nitrogen functional groups attached to an aromatic ring is 1. The zero-order chi connectivity index (χ0) is 15.1. The molecule has 1 amide bonds. The van der Waals surface area contributed by atoms with Gasteiger partial charge in [-0.25, -0.2) is 0 Å². The van der Waals surface area contributed by atoms with Crippen molar-refractivity contribution in [3.05, 3.63) is 29.8 Å². The molecule has 0 aromatic heterocycles. The summed E-state index contributed by atoms with van der Waals surface area (Å²) in [7, 11) is 0. The van der Waals surface area contributed by atoms with Crippen LogP contribution in [0, 0.1) is 11.8 Å². The highest BCUT2D eigenvalue weighted by atomic mass is 16.1. The first kappa shape index (κ1) is 15.9. The molecule has 21 heavy (non-hydrogen) atoms. The molecule has 0 atom stereocenters. The molecule has 1 aromatic rings. The van der Waals surface area contributed by atoms with E-state index >= 15 is 0 Å². The number of anilines is 1. The van der Waals surface area contributed by atoms with Crippen LogP contribution in [0.3, 0.4) is 0 Å². The molecular formula is C18H28N2O. The van der Waals surface area contributed by atoms with Gasteiger partial charge in [-0.2, -0.15) is 0 Å². The molecule has 116 valence electrons. The van der Waals surface area contributed by atoms with Crippen LogP contribution in [0.1, 0.15) is 57.4 Å². The highest BCUT2D eigenvalue weighted by Crippen LogP contribution is 2.32. The summed E-state index contributed by atoms with van der Waals surface area (Å²) in [6.45, 7) is 2.79. The van der Waals surface area contributed by atoms with Crippen molar-refractivity contribution in [2.24, 2.45) is 11.8 Å². The molecule has 2 rings (SSSR count). The fourth-order valence-electron chi connectivity index (χ4n) is 3.23. The molecule has 0 heterocycles. The van der Waals surface area contributed by atoms with Crippen molar-refractivity contribution in [3.8, 4) is 0 Å². The van der Waals surface area contributed by atoms with Gasteiger partial charge in [-0.3, -0.25) is 4.79 Å². The fourth-order valence-corrected chi connectivity index (χ4v) is 3.23. The Morgan fingerprint density at radius 1 is 1.24 bits per heavy atom. The number of hydrogen-bond donors (Lipinski definition) is 2. The second-order valence-electron chi connectivity index (χ2n) is 6.28. The second-order valence-corrected chi connectivity index (χ2v) is 6.28. The predicted molar refractivity (Wildman–Crippen MR) is 87.7 cm³/mol. The summed E-state index contributed by atoms with van der Waals surface area (Å²) in [6.07, 6.45) is 8.46. The highest BCUT2D eigenvalue weighted by Gasteiger charge is 2.25. The highest BCUT2D eigenvalue weighted by molar-refractivity contribution is 5.78. The first-order chi connectivity index (χ1) is 10.2. The topological polar surface area (TPSA) is 55.1 Å². The lowest BCUT2D eigenvalue weighted by Gasteiger charge is -2.27. The molecule has 0 aliphatic heterocycles. The van der Waals surface area contributed by atoms with Crippen LogP contribution >= 0.6 is 0 Å². The summed E-state index contributed by atoms with van der Waals surface area (Å²) in [5, 5.41) is 3.05. The van der Waals surface area contributed by atoms with E-state index < -0.39 is 0 Å². The summed E-state index contributed by atoms with van der Waals surface area (Å²) in [5.74, 6) is 1.25. The average molecular weight is 288 g/mol. The van der Waals surface area contributed by atoms with Crippen LogP contribution in [-0.2, 0) is 11.3 Å². The maximum Gasteiger partial charge on any atom is 0.223 e. The molecule has 0 bridgehead atoms. The predicted octanol–water partition coefficient (Wildman–Crippen LogP) is 3.88. The maximum absolute atomic E-state index is 12.3. The van der Waals surface area contributed by atoms with Gasteiger partial charge in [0.2, 0.25) is 5.91 Å². The number of carbonyl (C=O) groups is 1. The Hall–Kier alpha value is -1.51. The Morgan fingerprint density at radius 2 is 1.95 bits per heavy atom. The van der Waals surface area contributed by atoms with Gasteiger partial charge in [0.25, 0.3) is 0 Å². The Bertz CT molecular complexity index is 450. The largest absolute Gasteiger partial charge is 0.398 e. The number of para-hydroxylation sites is 1. The molecule has 3 heteroatoms. The second kappa shape index (κ2) is 8.06.